The second kappa shape index (κ2) is 3.92. The van der Waals surface area contributed by atoms with E-state index in [2.05, 4.69) is 5.32 Å². The first-order chi connectivity index (χ1) is 6.34. The van der Waals surface area contributed by atoms with Gasteiger partial charge in [0.15, 0.2) is 0 Å². The summed E-state index contributed by atoms with van der Waals surface area (Å²) >= 11 is 1.99. The van der Waals surface area contributed by atoms with Crippen molar-refractivity contribution in [3.05, 3.63) is 24.3 Å². The Morgan fingerprint density at radius 2 is 2.08 bits per heavy atom. The topological polar surface area (TPSA) is 32.3 Å². The standard InChI is InChI=1S/C10H13NOS/c12-10-3-1-8(2-4-10)11-9-5-6-13-7-9/h1-4,9,11-12H,5-7H2. The lowest BCUT2D eigenvalue weighted by molar-refractivity contribution is 0.475. The monoisotopic (exact) mass is 195 g/mol. The molecule has 3 heteroatoms. The van der Waals surface area contributed by atoms with Gasteiger partial charge in [0.2, 0.25) is 0 Å². The van der Waals surface area contributed by atoms with Gasteiger partial charge in [0.05, 0.1) is 0 Å². The molecule has 70 valence electrons. The highest BCUT2D eigenvalue weighted by atomic mass is 32.2. The van der Waals surface area contributed by atoms with E-state index >= 15 is 0 Å². The summed E-state index contributed by atoms with van der Waals surface area (Å²) in [5, 5.41) is 12.5. The van der Waals surface area contributed by atoms with Crippen molar-refractivity contribution in [3.63, 3.8) is 0 Å². The van der Waals surface area contributed by atoms with Gasteiger partial charge in [-0.15, -0.1) is 0 Å². The average Bonchev–Trinajstić information content (AvgIpc) is 2.62. The van der Waals surface area contributed by atoms with Gasteiger partial charge in [0, 0.05) is 17.5 Å². The molecule has 13 heavy (non-hydrogen) atoms. The maximum Gasteiger partial charge on any atom is 0.115 e. The van der Waals surface area contributed by atoms with Crippen molar-refractivity contribution in [2.24, 2.45) is 0 Å². The number of nitrogens with one attached hydrogen (secondary N) is 1. The summed E-state index contributed by atoms with van der Waals surface area (Å²) in [4.78, 5) is 0. The van der Waals surface area contributed by atoms with Crippen LogP contribution in [-0.4, -0.2) is 22.7 Å². The van der Waals surface area contributed by atoms with Gasteiger partial charge < -0.3 is 10.4 Å². The molecule has 1 saturated heterocycles. The average molecular weight is 195 g/mol. The molecule has 0 aliphatic carbocycles. The molecule has 0 radical (unpaired) electrons. The molecule has 0 bridgehead atoms. The van der Waals surface area contributed by atoms with E-state index in [1.54, 1.807) is 12.1 Å². The molecule has 1 atom stereocenters. The Kier molecular flexibility index (Phi) is 2.64. The van der Waals surface area contributed by atoms with Gasteiger partial charge in [-0.2, -0.15) is 11.8 Å². The van der Waals surface area contributed by atoms with Gasteiger partial charge in [-0.05, 0) is 36.4 Å². The van der Waals surface area contributed by atoms with Crippen LogP contribution >= 0.6 is 11.8 Å². The van der Waals surface area contributed by atoms with Crippen LogP contribution in [0.1, 0.15) is 6.42 Å². The van der Waals surface area contributed by atoms with Crippen LogP contribution < -0.4 is 5.32 Å². The third-order valence-electron chi connectivity index (χ3n) is 2.17. The molecular weight excluding hydrogens is 182 g/mol. The Hall–Kier alpha value is -0.830. The minimum absolute atomic E-state index is 0.325. The Labute approximate surface area is 82.4 Å². The highest BCUT2D eigenvalue weighted by Crippen LogP contribution is 2.22. The molecule has 1 aromatic carbocycles. The minimum atomic E-state index is 0.325. The molecule has 2 N–H and O–H groups in total. The van der Waals surface area contributed by atoms with E-state index in [1.807, 2.05) is 23.9 Å². The predicted molar refractivity (Wildman–Crippen MR) is 57.5 cm³/mol. The second-order valence-electron chi connectivity index (χ2n) is 3.25. The first-order valence-corrected chi connectivity index (χ1v) is 5.63. The molecule has 1 heterocycles. The quantitative estimate of drug-likeness (QED) is 0.710. The van der Waals surface area contributed by atoms with Crippen molar-refractivity contribution in [1.82, 2.24) is 0 Å². The lowest BCUT2D eigenvalue weighted by Gasteiger charge is -2.12. The van der Waals surface area contributed by atoms with E-state index in [9.17, 15) is 0 Å². The molecule has 1 aliphatic rings. The summed E-state index contributed by atoms with van der Waals surface area (Å²) in [7, 11) is 0. The van der Waals surface area contributed by atoms with Gasteiger partial charge >= 0.3 is 0 Å². The van der Waals surface area contributed by atoms with Crippen LogP contribution in [0.15, 0.2) is 24.3 Å². The zero-order valence-electron chi connectivity index (χ0n) is 7.36. The van der Waals surface area contributed by atoms with Crippen LogP contribution in [0.25, 0.3) is 0 Å². The summed E-state index contributed by atoms with van der Waals surface area (Å²) < 4.78 is 0. The van der Waals surface area contributed by atoms with Crippen LogP contribution in [0.4, 0.5) is 5.69 Å². The molecule has 0 aromatic heterocycles. The van der Waals surface area contributed by atoms with E-state index in [0.717, 1.165) is 5.69 Å². The van der Waals surface area contributed by atoms with Crippen LogP contribution in [0, 0.1) is 0 Å². The van der Waals surface area contributed by atoms with Crippen LogP contribution in [0.5, 0.6) is 5.75 Å². The molecular formula is C10H13NOS. The van der Waals surface area contributed by atoms with E-state index in [0.29, 0.717) is 11.8 Å². The molecule has 1 unspecified atom stereocenters. The maximum atomic E-state index is 9.09. The Balaban J connectivity index is 1.97. The molecule has 0 spiro atoms. The number of phenols is 1. The number of rotatable bonds is 2. The number of hydrogen-bond donors (Lipinski definition) is 2. The number of phenolic OH excluding ortho intramolecular Hbond substituents is 1. The maximum absolute atomic E-state index is 9.09. The van der Waals surface area contributed by atoms with Crippen LogP contribution in [0.3, 0.4) is 0 Å². The minimum Gasteiger partial charge on any atom is -0.508 e. The normalized spacial score (nSPS) is 21.7. The van der Waals surface area contributed by atoms with Crippen molar-refractivity contribution < 1.29 is 5.11 Å². The lowest BCUT2D eigenvalue weighted by atomic mass is 10.2. The van der Waals surface area contributed by atoms with Gasteiger partial charge in [-0.3, -0.25) is 0 Å². The van der Waals surface area contributed by atoms with Crippen molar-refractivity contribution in [2.75, 3.05) is 16.8 Å². The SMILES string of the molecule is Oc1ccc(NC2CCSC2)cc1. The van der Waals surface area contributed by atoms with Crippen molar-refractivity contribution >= 4 is 17.4 Å². The summed E-state index contributed by atoms with van der Waals surface area (Å²) in [6.45, 7) is 0. The summed E-state index contributed by atoms with van der Waals surface area (Å²) in [5.41, 5.74) is 1.10. The number of hydrogen-bond acceptors (Lipinski definition) is 3. The molecule has 2 nitrogen and oxygen atoms in total. The Morgan fingerprint density at radius 1 is 1.31 bits per heavy atom. The van der Waals surface area contributed by atoms with E-state index in [4.69, 9.17) is 5.11 Å². The van der Waals surface area contributed by atoms with E-state index in [-0.39, 0.29) is 0 Å². The number of anilines is 1. The molecule has 1 aromatic rings. The number of benzene rings is 1. The predicted octanol–water partition coefficient (Wildman–Crippen LogP) is 2.31. The Morgan fingerprint density at radius 3 is 2.69 bits per heavy atom. The fraction of sp³-hybridized carbons (Fsp3) is 0.400. The highest BCUT2D eigenvalue weighted by molar-refractivity contribution is 7.99. The summed E-state index contributed by atoms with van der Waals surface area (Å²) in [5.74, 6) is 2.78. The summed E-state index contributed by atoms with van der Waals surface area (Å²) in [6.07, 6.45) is 1.24. The first kappa shape index (κ1) is 8.75. The molecule has 2 rings (SSSR count). The first-order valence-electron chi connectivity index (χ1n) is 4.48. The van der Waals surface area contributed by atoms with Gasteiger partial charge in [0.1, 0.15) is 5.75 Å². The molecule has 0 saturated carbocycles. The van der Waals surface area contributed by atoms with Gasteiger partial charge in [-0.1, -0.05) is 0 Å². The van der Waals surface area contributed by atoms with Gasteiger partial charge in [0.25, 0.3) is 0 Å². The Bertz CT molecular complexity index is 267. The lowest BCUT2D eigenvalue weighted by Crippen LogP contribution is -2.17. The van der Waals surface area contributed by atoms with Crippen molar-refractivity contribution in [1.29, 1.82) is 0 Å². The fourth-order valence-corrected chi connectivity index (χ4v) is 2.59. The van der Waals surface area contributed by atoms with E-state index < -0.39 is 0 Å². The smallest absolute Gasteiger partial charge is 0.115 e. The zero-order valence-corrected chi connectivity index (χ0v) is 8.18. The third kappa shape index (κ3) is 2.31. The molecule has 1 aliphatic heterocycles. The van der Waals surface area contributed by atoms with Crippen molar-refractivity contribution in [2.45, 2.75) is 12.5 Å². The van der Waals surface area contributed by atoms with Crippen LogP contribution in [0.2, 0.25) is 0 Å². The largest absolute Gasteiger partial charge is 0.508 e. The van der Waals surface area contributed by atoms with E-state index in [1.165, 1.54) is 17.9 Å². The fourth-order valence-electron chi connectivity index (χ4n) is 1.44. The zero-order chi connectivity index (χ0) is 9.10. The summed E-state index contributed by atoms with van der Waals surface area (Å²) in [6, 6.07) is 7.86. The van der Waals surface area contributed by atoms with Crippen molar-refractivity contribution in [3.8, 4) is 5.75 Å². The van der Waals surface area contributed by atoms with Gasteiger partial charge in [-0.25, -0.2) is 0 Å². The van der Waals surface area contributed by atoms with Crippen LogP contribution in [-0.2, 0) is 0 Å². The number of aromatic hydroxyl groups is 1. The molecule has 0 amide bonds. The number of thioether (sulfide) groups is 1. The molecule has 1 fully saturated rings. The third-order valence-corrected chi connectivity index (χ3v) is 3.33. The highest BCUT2D eigenvalue weighted by Gasteiger charge is 2.14. The second-order valence-corrected chi connectivity index (χ2v) is 4.40.